The molecule has 29 heavy (non-hydrogen) atoms. The molecule has 3 rings (SSSR count). The number of benzene rings is 1. The molecule has 164 valence electrons. The van der Waals surface area contributed by atoms with Crippen LogP contribution in [0.25, 0.3) is 0 Å². The third-order valence-corrected chi connectivity index (χ3v) is 7.77. The van der Waals surface area contributed by atoms with Crippen LogP contribution < -0.4 is 0 Å². The Balaban J connectivity index is 1.30. The van der Waals surface area contributed by atoms with Gasteiger partial charge in [0.1, 0.15) is 0 Å². The molecule has 0 aromatic heterocycles. The van der Waals surface area contributed by atoms with Gasteiger partial charge in [0.25, 0.3) is 0 Å². The molecule has 0 saturated heterocycles. The Morgan fingerprint density at radius 1 is 0.655 bits per heavy atom. The van der Waals surface area contributed by atoms with Gasteiger partial charge in [0.15, 0.2) is 17.5 Å². The first-order chi connectivity index (χ1) is 14.0. The monoisotopic (exact) mass is 408 g/mol. The van der Waals surface area contributed by atoms with E-state index in [1.54, 1.807) is 0 Å². The molecule has 0 heterocycles. The maximum atomic E-state index is 13.4. The largest absolute Gasteiger partial charge is 0.204 e. The fourth-order valence-corrected chi connectivity index (χ4v) is 5.71. The molecule has 0 spiro atoms. The second-order valence-corrected chi connectivity index (χ2v) is 9.91. The Morgan fingerprint density at radius 3 is 1.52 bits per heavy atom. The quantitative estimate of drug-likeness (QED) is 0.359. The minimum Gasteiger partial charge on any atom is -0.204 e. The average molecular weight is 409 g/mol. The normalized spacial score (nSPS) is 27.9. The van der Waals surface area contributed by atoms with Gasteiger partial charge in [0.05, 0.1) is 0 Å². The summed E-state index contributed by atoms with van der Waals surface area (Å²) in [4.78, 5) is 0. The highest BCUT2D eigenvalue weighted by Crippen LogP contribution is 2.38. The van der Waals surface area contributed by atoms with Crippen molar-refractivity contribution in [2.24, 2.45) is 23.7 Å². The molecule has 0 bridgehead atoms. The van der Waals surface area contributed by atoms with Gasteiger partial charge in [-0.25, -0.2) is 13.2 Å². The fraction of sp³-hybridized carbons (Fsp3) is 0.769. The van der Waals surface area contributed by atoms with Gasteiger partial charge in [-0.05, 0) is 54.2 Å². The van der Waals surface area contributed by atoms with E-state index in [0.717, 1.165) is 36.3 Å². The van der Waals surface area contributed by atoms with Gasteiger partial charge in [0.2, 0.25) is 0 Å². The van der Waals surface area contributed by atoms with Crippen molar-refractivity contribution in [3.63, 3.8) is 0 Å². The lowest BCUT2D eigenvalue weighted by Gasteiger charge is -2.32. The molecule has 0 radical (unpaired) electrons. The van der Waals surface area contributed by atoms with Crippen LogP contribution in [0.4, 0.5) is 13.2 Å². The van der Waals surface area contributed by atoms with E-state index in [1.807, 2.05) is 0 Å². The van der Waals surface area contributed by atoms with Crippen molar-refractivity contribution < 1.29 is 13.2 Å². The predicted octanol–water partition coefficient (Wildman–Crippen LogP) is 8.62. The van der Waals surface area contributed by atoms with E-state index >= 15 is 0 Å². The second kappa shape index (κ2) is 11.4. The van der Waals surface area contributed by atoms with Crippen molar-refractivity contribution in [2.75, 3.05) is 0 Å². The van der Waals surface area contributed by atoms with Crippen LogP contribution in [0.15, 0.2) is 12.1 Å². The van der Waals surface area contributed by atoms with Crippen LogP contribution in [0.3, 0.4) is 0 Å². The van der Waals surface area contributed by atoms with Crippen LogP contribution in [0.5, 0.6) is 0 Å². The SMILES string of the molecule is CCCCC1CCC(CCC2CCC(CCc3cc(F)c(F)c(F)c3)CC2)CC1. The lowest BCUT2D eigenvalue weighted by Crippen LogP contribution is -2.18. The Bertz CT molecular complexity index is 587. The molecule has 1 aromatic carbocycles. The molecule has 2 aliphatic carbocycles. The summed E-state index contributed by atoms with van der Waals surface area (Å²) in [6.45, 7) is 2.29. The van der Waals surface area contributed by atoms with E-state index in [2.05, 4.69) is 6.92 Å². The minimum atomic E-state index is -1.36. The Kier molecular flexibility index (Phi) is 8.93. The molecule has 2 aliphatic rings. The minimum absolute atomic E-state index is 0.582. The molecule has 1 aromatic rings. The molecular weight excluding hydrogens is 369 g/mol. The Morgan fingerprint density at radius 2 is 1.07 bits per heavy atom. The number of unbranched alkanes of at least 4 members (excludes halogenated alkanes) is 1. The highest BCUT2D eigenvalue weighted by Gasteiger charge is 2.24. The molecule has 2 fully saturated rings. The number of hydrogen-bond acceptors (Lipinski definition) is 0. The average Bonchev–Trinajstić information content (AvgIpc) is 2.74. The van der Waals surface area contributed by atoms with E-state index in [4.69, 9.17) is 0 Å². The van der Waals surface area contributed by atoms with Gasteiger partial charge in [-0.2, -0.15) is 0 Å². The van der Waals surface area contributed by atoms with Gasteiger partial charge < -0.3 is 0 Å². The van der Waals surface area contributed by atoms with Crippen LogP contribution in [0.1, 0.15) is 102 Å². The number of rotatable bonds is 9. The Hall–Kier alpha value is -0.990. The fourth-order valence-electron chi connectivity index (χ4n) is 5.71. The summed E-state index contributed by atoms with van der Waals surface area (Å²) in [5, 5.41) is 0. The zero-order chi connectivity index (χ0) is 20.6. The van der Waals surface area contributed by atoms with Crippen LogP contribution in [-0.4, -0.2) is 0 Å². The third kappa shape index (κ3) is 7.03. The van der Waals surface area contributed by atoms with Gasteiger partial charge in [0, 0.05) is 0 Å². The van der Waals surface area contributed by atoms with Crippen molar-refractivity contribution in [3.05, 3.63) is 35.1 Å². The number of halogens is 3. The Labute approximate surface area is 175 Å². The van der Waals surface area contributed by atoms with E-state index in [9.17, 15) is 13.2 Å². The number of aryl methyl sites for hydroxylation is 1. The second-order valence-electron chi connectivity index (χ2n) is 9.91. The molecule has 0 unspecified atom stereocenters. The molecule has 0 atom stereocenters. The molecule has 0 nitrogen and oxygen atoms in total. The lowest BCUT2D eigenvalue weighted by atomic mass is 9.74. The van der Waals surface area contributed by atoms with Crippen LogP contribution in [-0.2, 0) is 6.42 Å². The van der Waals surface area contributed by atoms with Crippen LogP contribution in [0, 0.1) is 41.1 Å². The first-order valence-corrected chi connectivity index (χ1v) is 12.2. The van der Waals surface area contributed by atoms with Gasteiger partial charge in [-0.15, -0.1) is 0 Å². The molecule has 3 heteroatoms. The van der Waals surface area contributed by atoms with Crippen molar-refractivity contribution in [1.82, 2.24) is 0 Å². The standard InChI is InChI=1S/C26H39F3/c1-2-3-4-19-5-7-20(8-6-19)9-10-21-11-13-22(14-12-21)15-16-23-17-24(27)26(29)25(28)18-23/h17-22H,2-16H2,1H3. The number of hydrogen-bond donors (Lipinski definition) is 0. The summed E-state index contributed by atoms with van der Waals surface area (Å²) in [6, 6.07) is 2.31. The maximum absolute atomic E-state index is 13.4. The molecule has 2 saturated carbocycles. The molecule has 0 amide bonds. The zero-order valence-electron chi connectivity index (χ0n) is 18.2. The van der Waals surface area contributed by atoms with Gasteiger partial charge in [-0.1, -0.05) is 90.4 Å². The molecule has 0 aliphatic heterocycles. The molecule has 0 N–H and O–H groups in total. The van der Waals surface area contributed by atoms with Gasteiger partial charge >= 0.3 is 0 Å². The summed E-state index contributed by atoms with van der Waals surface area (Å²) >= 11 is 0. The highest BCUT2D eigenvalue weighted by atomic mass is 19.2. The van der Waals surface area contributed by atoms with E-state index in [-0.39, 0.29) is 0 Å². The smallest absolute Gasteiger partial charge is 0.194 e. The highest BCUT2D eigenvalue weighted by molar-refractivity contribution is 5.19. The summed E-state index contributed by atoms with van der Waals surface area (Å²) in [7, 11) is 0. The van der Waals surface area contributed by atoms with E-state index in [0.29, 0.717) is 17.9 Å². The summed E-state index contributed by atoms with van der Waals surface area (Å²) in [5.74, 6) is 0.00897. The van der Waals surface area contributed by atoms with Crippen molar-refractivity contribution in [1.29, 1.82) is 0 Å². The first kappa shape index (κ1) is 22.7. The van der Waals surface area contributed by atoms with Crippen LogP contribution >= 0.6 is 0 Å². The van der Waals surface area contributed by atoms with Crippen LogP contribution in [0.2, 0.25) is 0 Å². The molecular formula is C26H39F3. The van der Waals surface area contributed by atoms with Crippen molar-refractivity contribution >= 4 is 0 Å². The first-order valence-electron chi connectivity index (χ1n) is 12.2. The lowest BCUT2D eigenvalue weighted by molar-refractivity contribution is 0.209. The van der Waals surface area contributed by atoms with E-state index < -0.39 is 17.5 Å². The maximum Gasteiger partial charge on any atom is 0.194 e. The summed E-state index contributed by atoms with van der Waals surface area (Å²) < 4.78 is 39.8. The van der Waals surface area contributed by atoms with Crippen molar-refractivity contribution in [3.8, 4) is 0 Å². The van der Waals surface area contributed by atoms with E-state index in [1.165, 1.54) is 83.5 Å². The topological polar surface area (TPSA) is 0 Å². The summed E-state index contributed by atoms with van der Waals surface area (Å²) in [5.41, 5.74) is 0.582. The zero-order valence-corrected chi connectivity index (χ0v) is 18.2. The van der Waals surface area contributed by atoms with Crippen molar-refractivity contribution in [2.45, 2.75) is 103 Å². The van der Waals surface area contributed by atoms with Gasteiger partial charge in [-0.3, -0.25) is 0 Å². The third-order valence-electron chi connectivity index (χ3n) is 7.77. The summed E-state index contributed by atoms with van der Waals surface area (Å²) in [6.07, 6.45) is 19.5. The predicted molar refractivity (Wildman–Crippen MR) is 114 cm³/mol.